The molecule has 0 aliphatic carbocycles. The molecule has 0 unspecified atom stereocenters. The van der Waals surface area contributed by atoms with Crippen molar-refractivity contribution in [2.24, 2.45) is 0 Å². The Morgan fingerprint density at radius 1 is 0.686 bits per heavy atom. The van der Waals surface area contributed by atoms with Gasteiger partial charge in [-0.2, -0.15) is 0 Å². The zero-order valence-corrected chi connectivity index (χ0v) is 19.2. The summed E-state index contributed by atoms with van der Waals surface area (Å²) in [5, 5.41) is 2.84. The van der Waals surface area contributed by atoms with Gasteiger partial charge in [0, 0.05) is 49.1 Å². The highest BCUT2D eigenvalue weighted by molar-refractivity contribution is 6.17. The molecule has 1 N–H and O–H groups in total. The first-order valence-corrected chi connectivity index (χ1v) is 11.6. The van der Waals surface area contributed by atoms with Crippen molar-refractivity contribution in [1.82, 2.24) is 9.97 Å². The monoisotopic (exact) mass is 463 g/mol. The van der Waals surface area contributed by atoms with Crippen LogP contribution < -0.4 is 15.1 Å². The van der Waals surface area contributed by atoms with E-state index in [1.54, 1.807) is 54.6 Å². The Hall–Kier alpha value is -4.52. The summed E-state index contributed by atoms with van der Waals surface area (Å²) in [5.41, 5.74) is 2.40. The van der Waals surface area contributed by atoms with Crippen LogP contribution in [0.5, 0.6) is 0 Å². The number of carbonyl (C=O) groups is 2. The number of hydrogen-bond donors (Lipinski definition) is 1. The van der Waals surface area contributed by atoms with E-state index in [2.05, 4.69) is 37.2 Å². The Morgan fingerprint density at radius 3 is 2.00 bits per heavy atom. The number of carbonyl (C=O) groups excluding carboxylic acids is 2. The molecule has 1 aliphatic rings. The normalized spacial score (nSPS) is 13.4. The molecule has 1 fully saturated rings. The molecule has 7 nitrogen and oxygen atoms in total. The number of hydrogen-bond acceptors (Lipinski definition) is 6. The van der Waals surface area contributed by atoms with Crippen molar-refractivity contribution in [3.63, 3.8) is 0 Å². The summed E-state index contributed by atoms with van der Waals surface area (Å²) < 4.78 is 0. The number of aromatic nitrogens is 2. The van der Waals surface area contributed by atoms with E-state index in [0.29, 0.717) is 22.5 Å². The first-order valence-electron chi connectivity index (χ1n) is 11.6. The third-order valence-corrected chi connectivity index (χ3v) is 6.07. The van der Waals surface area contributed by atoms with Crippen molar-refractivity contribution in [2.45, 2.75) is 0 Å². The van der Waals surface area contributed by atoms with Crippen LogP contribution in [0.25, 0.3) is 0 Å². The van der Waals surface area contributed by atoms with Crippen LogP contribution in [0.1, 0.15) is 26.3 Å². The molecule has 0 atom stereocenters. The minimum atomic E-state index is -0.386. The first kappa shape index (κ1) is 22.3. The summed E-state index contributed by atoms with van der Waals surface area (Å²) in [6, 6.07) is 27.9. The fraction of sp³-hybridized carbons (Fsp3) is 0.143. The lowest BCUT2D eigenvalue weighted by atomic mass is 9.98. The van der Waals surface area contributed by atoms with Crippen LogP contribution >= 0.6 is 0 Å². The average molecular weight is 464 g/mol. The van der Waals surface area contributed by atoms with Crippen molar-refractivity contribution in [2.75, 3.05) is 41.3 Å². The predicted molar refractivity (Wildman–Crippen MR) is 137 cm³/mol. The van der Waals surface area contributed by atoms with Gasteiger partial charge in [0.1, 0.15) is 18.0 Å². The maximum Gasteiger partial charge on any atom is 0.257 e. The second-order valence-corrected chi connectivity index (χ2v) is 8.27. The topological polar surface area (TPSA) is 78.4 Å². The Bertz CT molecular complexity index is 1320. The van der Waals surface area contributed by atoms with E-state index in [4.69, 9.17) is 0 Å². The van der Waals surface area contributed by atoms with Gasteiger partial charge in [-0.3, -0.25) is 9.59 Å². The lowest BCUT2D eigenvalue weighted by Gasteiger charge is -2.36. The molecule has 4 aromatic rings. The van der Waals surface area contributed by atoms with Crippen LogP contribution in [0.2, 0.25) is 0 Å². The lowest BCUT2D eigenvalue weighted by Crippen LogP contribution is -2.46. The number of nitrogens with one attached hydrogen (secondary N) is 1. The molecule has 5 rings (SSSR count). The van der Waals surface area contributed by atoms with Gasteiger partial charge in [0.05, 0.1) is 5.56 Å². The number of ketones is 1. The highest BCUT2D eigenvalue weighted by Crippen LogP contribution is 2.21. The molecular weight excluding hydrogens is 438 g/mol. The van der Waals surface area contributed by atoms with Crippen LogP contribution in [0.3, 0.4) is 0 Å². The molecule has 174 valence electrons. The van der Waals surface area contributed by atoms with Crippen LogP contribution in [0.15, 0.2) is 97.3 Å². The maximum atomic E-state index is 13.1. The Labute approximate surface area is 204 Å². The molecule has 2 heterocycles. The minimum absolute atomic E-state index is 0.198. The zero-order valence-electron chi connectivity index (χ0n) is 19.2. The summed E-state index contributed by atoms with van der Waals surface area (Å²) >= 11 is 0. The molecule has 0 radical (unpaired) electrons. The Kier molecular flexibility index (Phi) is 6.48. The smallest absolute Gasteiger partial charge is 0.257 e. The molecule has 0 spiro atoms. The Balaban J connectivity index is 1.28. The standard InChI is InChI=1S/C28H25N5O2/c34-27(21-9-3-1-4-10-21)23-13-7-8-14-24(23)28(35)31-25-19-26(30-20-29-25)33-17-15-32(16-18-33)22-11-5-2-6-12-22/h1-14,19-20H,15-18H2,(H,29,30,31,35). The van der Waals surface area contributed by atoms with Crippen LogP contribution in [0, 0.1) is 0 Å². The molecular formula is C28H25N5O2. The summed E-state index contributed by atoms with van der Waals surface area (Å²) in [4.78, 5) is 39.3. The molecule has 3 aromatic carbocycles. The van der Waals surface area contributed by atoms with Crippen molar-refractivity contribution >= 4 is 29.0 Å². The third-order valence-electron chi connectivity index (χ3n) is 6.07. The van der Waals surface area contributed by atoms with Crippen LogP contribution in [-0.4, -0.2) is 47.8 Å². The molecule has 1 saturated heterocycles. The van der Waals surface area contributed by atoms with E-state index >= 15 is 0 Å². The molecule has 0 saturated carbocycles. The highest BCUT2D eigenvalue weighted by atomic mass is 16.2. The fourth-order valence-corrected chi connectivity index (χ4v) is 4.23. The van der Waals surface area contributed by atoms with Crippen LogP contribution in [0.4, 0.5) is 17.3 Å². The second-order valence-electron chi connectivity index (χ2n) is 8.27. The Morgan fingerprint density at radius 2 is 1.29 bits per heavy atom. The van der Waals surface area contributed by atoms with E-state index in [1.807, 2.05) is 24.3 Å². The van der Waals surface area contributed by atoms with Gasteiger partial charge in [-0.25, -0.2) is 9.97 Å². The summed E-state index contributed by atoms with van der Waals surface area (Å²) in [6.45, 7) is 3.39. The number of piperazine rings is 1. The van der Waals surface area contributed by atoms with E-state index in [-0.39, 0.29) is 11.7 Å². The number of nitrogens with zero attached hydrogens (tertiary/aromatic N) is 4. The van der Waals surface area contributed by atoms with E-state index in [9.17, 15) is 9.59 Å². The van der Waals surface area contributed by atoms with Gasteiger partial charge >= 0.3 is 0 Å². The molecule has 7 heteroatoms. The second kappa shape index (κ2) is 10.2. The van der Waals surface area contributed by atoms with E-state index in [0.717, 1.165) is 32.0 Å². The number of para-hydroxylation sites is 1. The largest absolute Gasteiger partial charge is 0.368 e. The van der Waals surface area contributed by atoms with Crippen molar-refractivity contribution in [3.05, 3.63) is 114 Å². The van der Waals surface area contributed by atoms with Crippen LogP contribution in [-0.2, 0) is 0 Å². The maximum absolute atomic E-state index is 13.1. The molecule has 1 aliphatic heterocycles. The number of amides is 1. The van der Waals surface area contributed by atoms with Crippen molar-refractivity contribution in [1.29, 1.82) is 0 Å². The van der Waals surface area contributed by atoms with Gasteiger partial charge in [-0.15, -0.1) is 0 Å². The number of anilines is 3. The van der Waals surface area contributed by atoms with Gasteiger partial charge in [0.2, 0.25) is 0 Å². The van der Waals surface area contributed by atoms with Crippen molar-refractivity contribution in [3.8, 4) is 0 Å². The molecule has 1 amide bonds. The van der Waals surface area contributed by atoms with Gasteiger partial charge in [-0.1, -0.05) is 66.7 Å². The number of rotatable bonds is 6. The quantitative estimate of drug-likeness (QED) is 0.430. The number of benzene rings is 3. The SMILES string of the molecule is O=C(Nc1cc(N2CCN(c3ccccc3)CC2)ncn1)c1ccccc1C(=O)c1ccccc1. The fourth-order valence-electron chi connectivity index (χ4n) is 4.23. The highest BCUT2D eigenvalue weighted by Gasteiger charge is 2.21. The van der Waals surface area contributed by atoms with Gasteiger partial charge in [0.15, 0.2) is 5.78 Å². The molecule has 35 heavy (non-hydrogen) atoms. The summed E-state index contributed by atoms with van der Waals surface area (Å²) in [5.74, 6) is 0.573. The zero-order chi connectivity index (χ0) is 24.0. The van der Waals surface area contributed by atoms with Gasteiger partial charge < -0.3 is 15.1 Å². The first-order chi connectivity index (χ1) is 17.2. The third kappa shape index (κ3) is 5.04. The summed E-state index contributed by atoms with van der Waals surface area (Å²) in [7, 11) is 0. The van der Waals surface area contributed by atoms with E-state index in [1.165, 1.54) is 12.0 Å². The molecule has 1 aromatic heterocycles. The van der Waals surface area contributed by atoms with Gasteiger partial charge in [0.25, 0.3) is 5.91 Å². The summed E-state index contributed by atoms with van der Waals surface area (Å²) in [6.07, 6.45) is 1.45. The molecule has 0 bridgehead atoms. The minimum Gasteiger partial charge on any atom is -0.368 e. The van der Waals surface area contributed by atoms with Gasteiger partial charge in [-0.05, 0) is 18.2 Å². The lowest BCUT2D eigenvalue weighted by molar-refractivity contribution is 0.0996. The average Bonchev–Trinajstić information content (AvgIpc) is 2.94. The predicted octanol–water partition coefficient (Wildman–Crippen LogP) is 4.29. The van der Waals surface area contributed by atoms with Crippen molar-refractivity contribution < 1.29 is 9.59 Å². The van der Waals surface area contributed by atoms with E-state index < -0.39 is 0 Å².